The molecule has 0 aliphatic carbocycles. The summed E-state index contributed by atoms with van der Waals surface area (Å²) < 4.78 is 0. The van der Waals surface area contributed by atoms with Gasteiger partial charge in [-0.3, -0.25) is 10.2 Å². The van der Waals surface area contributed by atoms with Gasteiger partial charge in [-0.2, -0.15) is 5.26 Å². The van der Waals surface area contributed by atoms with E-state index in [-0.39, 0.29) is 16.7 Å². The highest BCUT2D eigenvalue weighted by Gasteiger charge is 2.44. The molecule has 1 N–H and O–H groups in total. The minimum atomic E-state index is -0.601. The van der Waals surface area contributed by atoms with Gasteiger partial charge in [-0.25, -0.2) is 0 Å². The van der Waals surface area contributed by atoms with Gasteiger partial charge in [0.15, 0.2) is 0 Å². The first-order valence-electron chi connectivity index (χ1n) is 5.55. The van der Waals surface area contributed by atoms with Gasteiger partial charge >= 0.3 is 0 Å². The highest BCUT2D eigenvalue weighted by Crippen LogP contribution is 2.46. The zero-order chi connectivity index (χ0) is 14.2. The Morgan fingerprint density at radius 2 is 2.11 bits per heavy atom. The molecule has 2 rings (SSSR count). The average molecular weight is 313 g/mol. The summed E-state index contributed by atoms with van der Waals surface area (Å²) in [5.41, 5.74) is 0.774. The molecule has 3 atom stereocenters. The number of nitrogens with one attached hydrogen (secondary N) is 1. The van der Waals surface area contributed by atoms with Crippen LogP contribution in [-0.4, -0.2) is 16.1 Å². The van der Waals surface area contributed by atoms with Crippen molar-refractivity contribution < 1.29 is 4.79 Å². The van der Waals surface area contributed by atoms with Crippen LogP contribution in [0.2, 0.25) is 10.0 Å². The van der Waals surface area contributed by atoms with Crippen LogP contribution in [0.1, 0.15) is 18.4 Å². The van der Waals surface area contributed by atoms with E-state index in [1.54, 1.807) is 18.2 Å². The van der Waals surface area contributed by atoms with Crippen molar-refractivity contribution in [2.75, 3.05) is 0 Å². The predicted molar refractivity (Wildman–Crippen MR) is 78.1 cm³/mol. The summed E-state index contributed by atoms with van der Waals surface area (Å²) in [6.45, 7) is 1.48. The lowest BCUT2D eigenvalue weighted by Crippen LogP contribution is -2.22. The maximum absolute atomic E-state index is 11.7. The second-order valence-corrected chi connectivity index (χ2v) is 6.32. The standard InChI is InChI=1S/C13H10Cl2N2OS/c1-6(18)12-11(8(5-16)13(17)19-12)7-2-3-9(14)10(15)4-7/h2-4,8,11-12,17H,1H3/t8-,11+,12+/m1/s1. The normalized spacial score (nSPS) is 26.2. The minimum Gasteiger partial charge on any atom is -0.299 e. The molecule has 19 heavy (non-hydrogen) atoms. The molecule has 0 radical (unpaired) electrons. The number of nitriles is 1. The first kappa shape index (κ1) is 14.4. The van der Waals surface area contributed by atoms with Crippen molar-refractivity contribution in [2.24, 2.45) is 5.92 Å². The lowest BCUT2D eigenvalue weighted by atomic mass is 9.84. The van der Waals surface area contributed by atoms with Gasteiger partial charge in [0.25, 0.3) is 0 Å². The Balaban J connectivity index is 2.48. The number of ketones is 1. The number of carbonyl (C=O) groups excluding carboxylic acids is 1. The molecule has 1 fully saturated rings. The van der Waals surface area contributed by atoms with Gasteiger partial charge in [-0.15, -0.1) is 0 Å². The van der Waals surface area contributed by atoms with Gasteiger partial charge in [0.05, 0.1) is 26.4 Å². The summed E-state index contributed by atoms with van der Waals surface area (Å²) in [5, 5.41) is 17.7. The second-order valence-electron chi connectivity index (χ2n) is 4.32. The van der Waals surface area contributed by atoms with Crippen molar-refractivity contribution in [2.45, 2.75) is 18.1 Å². The van der Waals surface area contributed by atoms with Gasteiger partial charge in [0.2, 0.25) is 0 Å². The fourth-order valence-corrected chi connectivity index (χ4v) is 3.74. The summed E-state index contributed by atoms with van der Waals surface area (Å²) in [5.74, 6) is -0.977. The molecule has 1 saturated heterocycles. The van der Waals surface area contributed by atoms with Crippen LogP contribution in [0.25, 0.3) is 0 Å². The molecule has 0 saturated carbocycles. The van der Waals surface area contributed by atoms with E-state index in [2.05, 4.69) is 6.07 Å². The van der Waals surface area contributed by atoms with E-state index in [0.29, 0.717) is 10.0 Å². The van der Waals surface area contributed by atoms with Gasteiger partial charge in [0.1, 0.15) is 11.7 Å². The van der Waals surface area contributed by atoms with Crippen LogP contribution in [-0.2, 0) is 4.79 Å². The molecular formula is C13H10Cl2N2OS. The molecule has 1 aliphatic rings. The summed E-state index contributed by atoms with van der Waals surface area (Å²) in [7, 11) is 0. The number of hydrogen-bond donors (Lipinski definition) is 1. The average Bonchev–Trinajstić information content (AvgIpc) is 2.69. The Hall–Kier alpha value is -1.02. The van der Waals surface area contributed by atoms with Crippen LogP contribution in [0, 0.1) is 22.7 Å². The maximum atomic E-state index is 11.7. The maximum Gasteiger partial charge on any atom is 0.143 e. The van der Waals surface area contributed by atoms with Crippen molar-refractivity contribution in [3.8, 4) is 6.07 Å². The highest BCUT2D eigenvalue weighted by atomic mass is 35.5. The number of nitrogens with zero attached hydrogens (tertiary/aromatic N) is 1. The van der Waals surface area contributed by atoms with E-state index in [4.69, 9.17) is 28.6 Å². The van der Waals surface area contributed by atoms with E-state index in [1.165, 1.54) is 6.92 Å². The van der Waals surface area contributed by atoms with Crippen LogP contribution in [0.5, 0.6) is 0 Å². The number of carbonyl (C=O) groups is 1. The molecule has 1 aromatic carbocycles. The Bertz CT molecular complexity index is 597. The van der Waals surface area contributed by atoms with Gasteiger partial charge < -0.3 is 0 Å². The van der Waals surface area contributed by atoms with E-state index < -0.39 is 11.2 Å². The SMILES string of the molecule is CC(=O)[C@@H]1SC(=N)[C@H](C#N)[C@@H]1c1ccc(Cl)c(Cl)c1. The zero-order valence-electron chi connectivity index (χ0n) is 9.98. The Morgan fingerprint density at radius 1 is 1.42 bits per heavy atom. The largest absolute Gasteiger partial charge is 0.299 e. The number of halogens is 2. The quantitative estimate of drug-likeness (QED) is 0.900. The van der Waals surface area contributed by atoms with Crippen LogP contribution in [0.15, 0.2) is 18.2 Å². The molecular weight excluding hydrogens is 303 g/mol. The van der Waals surface area contributed by atoms with E-state index >= 15 is 0 Å². The van der Waals surface area contributed by atoms with Crippen molar-refractivity contribution in [3.05, 3.63) is 33.8 Å². The highest BCUT2D eigenvalue weighted by molar-refractivity contribution is 8.15. The third-order valence-corrected chi connectivity index (χ3v) is 5.22. The van der Waals surface area contributed by atoms with Gasteiger partial charge in [-0.1, -0.05) is 41.0 Å². The van der Waals surface area contributed by atoms with E-state index in [1.807, 2.05) is 0 Å². The van der Waals surface area contributed by atoms with Crippen molar-refractivity contribution in [1.82, 2.24) is 0 Å². The van der Waals surface area contributed by atoms with E-state index in [9.17, 15) is 10.1 Å². The number of rotatable bonds is 2. The lowest BCUT2D eigenvalue weighted by Gasteiger charge is -2.18. The molecule has 1 aliphatic heterocycles. The second kappa shape index (κ2) is 5.54. The Kier molecular flexibility index (Phi) is 4.19. The fraction of sp³-hybridized carbons (Fsp3) is 0.308. The molecule has 1 heterocycles. The van der Waals surface area contributed by atoms with Crippen LogP contribution < -0.4 is 0 Å². The van der Waals surface area contributed by atoms with Crippen LogP contribution in [0.3, 0.4) is 0 Å². The summed E-state index contributed by atoms with van der Waals surface area (Å²) in [6, 6.07) is 7.19. The number of benzene rings is 1. The smallest absolute Gasteiger partial charge is 0.143 e. The molecule has 0 unspecified atom stereocenters. The first-order valence-corrected chi connectivity index (χ1v) is 7.19. The Morgan fingerprint density at radius 3 is 2.63 bits per heavy atom. The summed E-state index contributed by atoms with van der Waals surface area (Å²) in [6.07, 6.45) is 0. The molecule has 0 aromatic heterocycles. The van der Waals surface area contributed by atoms with Crippen molar-refractivity contribution >= 4 is 45.8 Å². The van der Waals surface area contributed by atoms with E-state index in [0.717, 1.165) is 17.3 Å². The van der Waals surface area contributed by atoms with Gasteiger partial charge in [0, 0.05) is 5.92 Å². The van der Waals surface area contributed by atoms with Crippen molar-refractivity contribution in [1.29, 1.82) is 10.7 Å². The molecule has 0 spiro atoms. The minimum absolute atomic E-state index is 0.0384. The third kappa shape index (κ3) is 2.64. The van der Waals surface area contributed by atoms with Crippen molar-refractivity contribution in [3.63, 3.8) is 0 Å². The summed E-state index contributed by atoms with van der Waals surface area (Å²) >= 11 is 13.0. The number of Topliss-reactive ketones (excluding diaryl/α,β-unsaturated/α-hetero) is 1. The number of thioether (sulfide) groups is 1. The van der Waals surface area contributed by atoms with Crippen LogP contribution >= 0.6 is 35.0 Å². The Labute approximate surface area is 125 Å². The molecule has 3 nitrogen and oxygen atoms in total. The molecule has 0 amide bonds. The molecule has 1 aromatic rings. The molecule has 0 bridgehead atoms. The van der Waals surface area contributed by atoms with Gasteiger partial charge in [-0.05, 0) is 24.6 Å². The zero-order valence-corrected chi connectivity index (χ0v) is 12.3. The van der Waals surface area contributed by atoms with Crippen LogP contribution in [0.4, 0.5) is 0 Å². The predicted octanol–water partition coefficient (Wildman–Crippen LogP) is 3.90. The molecule has 98 valence electrons. The monoisotopic (exact) mass is 312 g/mol. The molecule has 6 heteroatoms. The number of hydrogen-bond acceptors (Lipinski definition) is 4. The lowest BCUT2D eigenvalue weighted by molar-refractivity contribution is -0.116. The topological polar surface area (TPSA) is 64.7 Å². The summed E-state index contributed by atoms with van der Waals surface area (Å²) in [4.78, 5) is 11.7. The third-order valence-electron chi connectivity index (χ3n) is 3.09. The first-order chi connectivity index (χ1) is 8.95. The fourth-order valence-electron chi connectivity index (χ4n) is 2.18.